The van der Waals surface area contributed by atoms with E-state index in [0.29, 0.717) is 18.2 Å². The van der Waals surface area contributed by atoms with Gasteiger partial charge in [-0.2, -0.15) is 95.9 Å². The Labute approximate surface area is 428 Å². The lowest BCUT2D eigenvalue weighted by molar-refractivity contribution is -0.245. The van der Waals surface area contributed by atoms with E-state index in [1.807, 2.05) is 0 Å². The maximum absolute atomic E-state index is 14.5. The van der Waals surface area contributed by atoms with Gasteiger partial charge in [0.25, 0.3) is 20.0 Å². The minimum atomic E-state index is -7.95. The fourth-order valence-electron chi connectivity index (χ4n) is 4.96. The molecule has 0 aliphatic rings. The molecule has 0 spiro atoms. The maximum Gasteiger partial charge on any atom is 0.512 e. The van der Waals surface area contributed by atoms with Gasteiger partial charge in [0.1, 0.15) is 5.75 Å². The molecule has 0 saturated carbocycles. The summed E-state index contributed by atoms with van der Waals surface area (Å²) in [5.74, 6) is -19.1. The zero-order valence-electron chi connectivity index (χ0n) is 37.3. The summed E-state index contributed by atoms with van der Waals surface area (Å²) in [4.78, 5) is 23.9. The van der Waals surface area contributed by atoms with Gasteiger partial charge in [0.2, 0.25) is 0 Å². The topological polar surface area (TPSA) is 302 Å². The van der Waals surface area contributed by atoms with Crippen LogP contribution in [0.4, 0.5) is 79.0 Å². The van der Waals surface area contributed by atoms with Crippen molar-refractivity contribution in [3.8, 4) is 11.5 Å². The number of rotatable bonds is 22. The van der Waals surface area contributed by atoms with Crippen molar-refractivity contribution in [3.63, 3.8) is 0 Å². The van der Waals surface area contributed by atoms with Gasteiger partial charge in [0.15, 0.2) is 16.6 Å². The molecule has 44 heteroatoms. The molecule has 3 aromatic rings. The van der Waals surface area contributed by atoms with Crippen LogP contribution >= 0.6 is 10.0 Å². The summed E-state index contributed by atoms with van der Waals surface area (Å²) < 4.78 is 386. The first-order valence-electron chi connectivity index (χ1n) is 18.6. The largest absolute Gasteiger partial charge is 0.512 e. The van der Waals surface area contributed by atoms with Crippen molar-refractivity contribution in [2.24, 2.45) is 0 Å². The minimum absolute atomic E-state index is 0.0260. The van der Waals surface area contributed by atoms with Gasteiger partial charge in [-0.25, -0.2) is 33.7 Å². The van der Waals surface area contributed by atoms with Gasteiger partial charge in [-0.1, -0.05) is 57.8 Å². The number of hydrogen-bond acceptors (Lipinski definition) is 17. The molecule has 3 N–H and O–H groups in total. The third-order valence-electron chi connectivity index (χ3n) is 9.18. The molecule has 1 atom stereocenters. The number of hydrogen-bond donors (Lipinski definition) is 3. The molecule has 0 radical (unpaired) electrons. The third-order valence-corrected chi connectivity index (χ3v) is 21.3. The molecule has 78 heavy (non-hydrogen) atoms. The van der Waals surface area contributed by atoms with Crippen molar-refractivity contribution in [3.05, 3.63) is 91.0 Å². The number of allylic oxidation sites excluding steroid dienone is 1. The predicted octanol–water partition coefficient (Wildman–Crippen LogP) is 6.27. The molecular weight excluding hydrogens is 1270 g/mol. The zero-order valence-corrected chi connectivity index (χ0v) is 43.0. The number of aliphatic hydroxyl groups excluding tert-OH is 1. The van der Waals surface area contributed by atoms with Crippen LogP contribution in [0, 0.1) is 0 Å². The van der Waals surface area contributed by atoms with Gasteiger partial charge in [-0.3, -0.25) is 9.59 Å². The number of carbonyl (C=O) groups is 2. The first-order valence-corrected chi connectivity index (χ1v) is 29.5. The van der Waals surface area contributed by atoms with Crippen LogP contribution < -0.4 is 16.6 Å². The highest BCUT2D eigenvalue weighted by Crippen LogP contribution is 2.57. The summed E-state index contributed by atoms with van der Waals surface area (Å²) in [7, 11) is -48.1. The molecule has 0 saturated heterocycles. The van der Waals surface area contributed by atoms with Crippen LogP contribution in [0.15, 0.2) is 90.4 Å². The van der Waals surface area contributed by atoms with E-state index >= 15 is 0 Å². The second-order valence-electron chi connectivity index (χ2n) is 14.7. The molecule has 0 bridgehead atoms. The summed E-state index contributed by atoms with van der Waals surface area (Å²) in [6.45, 7) is 7.93. The third kappa shape index (κ3) is 12.6. The van der Waals surface area contributed by atoms with Gasteiger partial charge in [-0.15, -0.1) is 10.0 Å². The van der Waals surface area contributed by atoms with Crippen LogP contribution in [0.5, 0.6) is 11.5 Å². The molecule has 0 aliphatic heterocycles. The quantitative estimate of drug-likeness (QED) is 0.0567. The normalized spacial score (nSPS) is 15.5. The van der Waals surface area contributed by atoms with E-state index in [1.54, 1.807) is 0 Å². The molecular formula is C34H28F18N2O17S7. The lowest BCUT2D eigenvalue weighted by atomic mass is 10.1. The smallest absolute Gasteiger partial charge is 0.386 e. The van der Waals surface area contributed by atoms with Crippen LogP contribution in [0.25, 0.3) is 10.8 Å². The Balaban J connectivity index is 0.000000540. The Morgan fingerprint density at radius 2 is 0.923 bits per heavy atom. The van der Waals surface area contributed by atoms with E-state index < -0.39 is 156 Å². The summed E-state index contributed by atoms with van der Waals surface area (Å²) in [5.41, 5.74) is -13.2. The number of alkyl halides is 18. The van der Waals surface area contributed by atoms with E-state index in [9.17, 15) is 144 Å². The van der Waals surface area contributed by atoms with E-state index in [0.717, 1.165) is 42.5 Å². The summed E-state index contributed by atoms with van der Waals surface area (Å²) in [5, 5.41) is -21.0. The van der Waals surface area contributed by atoms with E-state index in [-0.39, 0.29) is 27.8 Å². The SMILES string of the molecule is C=C(C)C(=O)Cc1ccc(OS(=O)(=O)C(F)(F)C(F)(F)C(F)(F)S(=O)(=O)NS(=O)(=O)C(F)(F)F)cc1.C=CC(=O)S(C)(CO)c1ccc(OS(=O)(=O)C(F)(F)C(F)(F)C(F)(F)S(=O)(=O)NS(=O)(=O)C(F)(F)F)c2ccccc12. The first kappa shape index (κ1) is 69.1. The molecule has 0 amide bonds. The molecule has 3 rings (SSSR count). The van der Waals surface area contributed by atoms with E-state index in [2.05, 4.69) is 21.5 Å². The number of ketones is 1. The average Bonchev–Trinajstić information content (AvgIpc) is 3.27. The first-order chi connectivity index (χ1) is 34.4. The summed E-state index contributed by atoms with van der Waals surface area (Å²) in [6, 6.07) is 8.57. The zero-order chi connectivity index (χ0) is 61.7. The van der Waals surface area contributed by atoms with Crippen LogP contribution in [-0.4, -0.2) is 123 Å². The van der Waals surface area contributed by atoms with Crippen molar-refractivity contribution < 1.29 is 153 Å². The number of benzene rings is 3. The van der Waals surface area contributed by atoms with Crippen molar-refractivity contribution in [2.45, 2.75) is 62.1 Å². The Bertz CT molecular complexity index is 3560. The average molecular weight is 1300 g/mol. The molecule has 0 heterocycles. The molecule has 444 valence electrons. The maximum atomic E-state index is 14.5. The van der Waals surface area contributed by atoms with Gasteiger partial charge in [-0.05, 0) is 60.0 Å². The molecule has 0 aromatic heterocycles. The lowest BCUT2D eigenvalue weighted by Crippen LogP contribution is -2.64. The number of aliphatic hydroxyl groups is 1. The Kier molecular flexibility index (Phi) is 19.3. The van der Waals surface area contributed by atoms with Crippen LogP contribution in [0.2, 0.25) is 0 Å². The highest BCUT2D eigenvalue weighted by molar-refractivity contribution is 8.45. The second kappa shape index (κ2) is 21.8. The Hall–Kier alpha value is -4.99. The predicted molar refractivity (Wildman–Crippen MR) is 231 cm³/mol. The number of nitrogens with one attached hydrogen (secondary N) is 2. The molecule has 0 fully saturated rings. The van der Waals surface area contributed by atoms with E-state index in [1.165, 1.54) is 19.2 Å². The van der Waals surface area contributed by atoms with E-state index in [4.69, 9.17) is 0 Å². The lowest BCUT2D eigenvalue weighted by Gasteiger charge is -2.33. The van der Waals surface area contributed by atoms with Crippen LogP contribution in [-0.2, 0) is 76.3 Å². The van der Waals surface area contributed by atoms with Crippen LogP contribution in [0.1, 0.15) is 12.5 Å². The summed E-state index contributed by atoms with van der Waals surface area (Å²) >= 11 is 0. The fraction of sp³-hybridized carbons (Fsp3) is 0.353. The molecule has 19 nitrogen and oxygen atoms in total. The van der Waals surface area contributed by atoms with Crippen molar-refractivity contribution in [2.75, 3.05) is 12.2 Å². The fourth-order valence-corrected chi connectivity index (χ4v) is 13.6. The molecule has 3 aromatic carbocycles. The number of fused-ring (bicyclic) bond motifs is 1. The van der Waals surface area contributed by atoms with Gasteiger partial charge in [0.05, 0.1) is 5.94 Å². The Morgan fingerprint density at radius 1 is 0.551 bits per heavy atom. The summed E-state index contributed by atoms with van der Waals surface area (Å²) in [6.07, 6.45) is 1.76. The van der Waals surface area contributed by atoms with Crippen LogP contribution in [0.3, 0.4) is 0 Å². The monoisotopic (exact) mass is 1300 g/mol. The van der Waals surface area contributed by atoms with Gasteiger partial charge >= 0.3 is 84.2 Å². The number of sulfonamides is 4. The highest BCUT2D eigenvalue weighted by atomic mass is 32.3. The second-order valence-corrected chi connectivity index (χ2v) is 28.5. The van der Waals surface area contributed by atoms with Crippen molar-refractivity contribution in [1.29, 1.82) is 0 Å². The Morgan fingerprint density at radius 3 is 1.27 bits per heavy atom. The minimum Gasteiger partial charge on any atom is -0.386 e. The number of carbonyl (C=O) groups excluding carboxylic acids is 2. The number of halogens is 18. The standard InChI is InChI=1S/C19H16F9NO9S4.C15H12F9NO8S3/c1-3-15(31)39(2,10-30)14-9-8-13(11-6-4-5-7-12(11)14)38-42(36,37)18(24,25)16(20,21)17(22,23)40(32,33)29-41(34,35)19(26,27)28;1-8(2)11(26)7-9-3-5-10(6-4-9)33-36(31,32)14(20,21)12(16,17)13(18,19)34(27,28)25-35(29,30)15(22,23)24/h3-9,29-30H,1,10H2,2H3;3-6,25H,1,7H2,2H3. The van der Waals surface area contributed by atoms with Crippen molar-refractivity contribution >= 4 is 92.0 Å². The molecule has 1 unspecified atom stereocenters. The van der Waals surface area contributed by atoms with Gasteiger partial charge in [0, 0.05) is 16.7 Å². The van der Waals surface area contributed by atoms with Gasteiger partial charge < -0.3 is 13.5 Å². The highest BCUT2D eigenvalue weighted by Gasteiger charge is 2.85. The molecule has 0 aliphatic carbocycles. The van der Waals surface area contributed by atoms with Crippen molar-refractivity contribution in [1.82, 2.24) is 8.25 Å². The number of Topliss-reactive ketones (excluding diaryl/α,β-unsaturated/α-hetero) is 1.